The Bertz CT molecular complexity index is 816. The summed E-state index contributed by atoms with van der Waals surface area (Å²) < 4.78 is 5.59. The summed E-state index contributed by atoms with van der Waals surface area (Å²) in [6, 6.07) is 12.1. The number of aromatic nitrogens is 2. The summed E-state index contributed by atoms with van der Waals surface area (Å²) >= 11 is 5.81. The Labute approximate surface area is 137 Å². The van der Waals surface area contributed by atoms with Gasteiger partial charge in [0.15, 0.2) is 6.23 Å². The molecular weight excluding hydrogens is 316 g/mol. The maximum absolute atomic E-state index is 12.0. The summed E-state index contributed by atoms with van der Waals surface area (Å²) in [5.74, 6) is 0.626. The molecule has 23 heavy (non-hydrogen) atoms. The molecule has 1 atom stereocenters. The van der Waals surface area contributed by atoms with E-state index in [1.807, 2.05) is 18.2 Å². The van der Waals surface area contributed by atoms with Gasteiger partial charge in [-0.15, -0.1) is 0 Å². The van der Waals surface area contributed by atoms with Gasteiger partial charge in [-0.3, -0.25) is 5.10 Å². The van der Waals surface area contributed by atoms with E-state index in [9.17, 15) is 4.79 Å². The third kappa shape index (κ3) is 3.92. The molecule has 3 rings (SSSR count). The molecule has 2 amide bonds. The highest BCUT2D eigenvalue weighted by Gasteiger charge is 2.09. The first-order valence-electron chi connectivity index (χ1n) is 7.03. The van der Waals surface area contributed by atoms with Crippen LogP contribution in [0.1, 0.15) is 6.92 Å². The molecule has 1 unspecified atom stereocenters. The van der Waals surface area contributed by atoms with Gasteiger partial charge in [-0.2, -0.15) is 5.10 Å². The fraction of sp³-hybridized carbons (Fsp3) is 0.125. The third-order valence-electron chi connectivity index (χ3n) is 3.16. The first kappa shape index (κ1) is 15.2. The van der Waals surface area contributed by atoms with Crippen molar-refractivity contribution in [1.82, 2.24) is 15.5 Å². The number of ether oxygens (including phenoxy) is 1. The van der Waals surface area contributed by atoms with Gasteiger partial charge in [-0.1, -0.05) is 11.6 Å². The van der Waals surface area contributed by atoms with Crippen molar-refractivity contribution >= 4 is 34.2 Å². The molecule has 0 fully saturated rings. The highest BCUT2D eigenvalue weighted by atomic mass is 35.5. The van der Waals surface area contributed by atoms with Crippen LogP contribution in [0.5, 0.6) is 5.75 Å². The molecule has 3 aromatic rings. The predicted molar refractivity (Wildman–Crippen MR) is 89.8 cm³/mol. The van der Waals surface area contributed by atoms with Gasteiger partial charge in [0.25, 0.3) is 0 Å². The highest BCUT2D eigenvalue weighted by molar-refractivity contribution is 6.30. The number of urea groups is 1. The van der Waals surface area contributed by atoms with Gasteiger partial charge in [0, 0.05) is 16.1 Å². The summed E-state index contributed by atoms with van der Waals surface area (Å²) in [6.45, 7) is 1.74. The van der Waals surface area contributed by atoms with E-state index in [1.54, 1.807) is 37.4 Å². The Morgan fingerprint density at radius 3 is 2.83 bits per heavy atom. The molecular formula is C16H15ClN4O2. The van der Waals surface area contributed by atoms with Crippen LogP contribution in [0.3, 0.4) is 0 Å². The van der Waals surface area contributed by atoms with E-state index in [-0.39, 0.29) is 6.03 Å². The second-order valence-corrected chi connectivity index (χ2v) is 5.42. The van der Waals surface area contributed by atoms with Crippen molar-refractivity contribution in [3.8, 4) is 5.75 Å². The van der Waals surface area contributed by atoms with Crippen molar-refractivity contribution in [2.24, 2.45) is 0 Å². The maximum atomic E-state index is 12.0. The lowest BCUT2D eigenvalue weighted by Gasteiger charge is -2.16. The monoisotopic (exact) mass is 330 g/mol. The van der Waals surface area contributed by atoms with E-state index in [0.717, 1.165) is 10.9 Å². The van der Waals surface area contributed by atoms with Crippen LogP contribution in [0.25, 0.3) is 10.9 Å². The molecule has 0 aliphatic heterocycles. The molecule has 0 saturated heterocycles. The Morgan fingerprint density at radius 1 is 1.26 bits per heavy atom. The van der Waals surface area contributed by atoms with Gasteiger partial charge in [0.1, 0.15) is 5.75 Å². The number of benzene rings is 2. The topological polar surface area (TPSA) is 79.0 Å². The van der Waals surface area contributed by atoms with E-state index in [2.05, 4.69) is 20.8 Å². The number of hydrogen-bond acceptors (Lipinski definition) is 3. The average molecular weight is 331 g/mol. The van der Waals surface area contributed by atoms with Gasteiger partial charge >= 0.3 is 6.03 Å². The number of rotatable bonds is 4. The number of halogens is 1. The minimum Gasteiger partial charge on any atom is -0.471 e. The Balaban J connectivity index is 1.56. The van der Waals surface area contributed by atoms with Crippen molar-refractivity contribution in [3.05, 3.63) is 53.7 Å². The molecule has 0 aliphatic carbocycles. The lowest BCUT2D eigenvalue weighted by Crippen LogP contribution is -2.39. The van der Waals surface area contributed by atoms with Crippen molar-refractivity contribution < 1.29 is 9.53 Å². The average Bonchev–Trinajstić information content (AvgIpc) is 2.97. The van der Waals surface area contributed by atoms with Crippen LogP contribution < -0.4 is 15.4 Å². The summed E-state index contributed by atoms with van der Waals surface area (Å²) in [7, 11) is 0. The molecule has 0 saturated carbocycles. The molecule has 3 N–H and O–H groups in total. The summed E-state index contributed by atoms with van der Waals surface area (Å²) in [5, 5.41) is 13.9. The molecule has 0 aliphatic rings. The SMILES string of the molecule is CC(NC(=O)Nc1ccc2cn[nH]c2c1)Oc1ccc(Cl)cc1. The molecule has 7 heteroatoms. The van der Waals surface area contributed by atoms with Crippen LogP contribution in [0, 0.1) is 0 Å². The van der Waals surface area contributed by atoms with E-state index >= 15 is 0 Å². The number of carbonyl (C=O) groups excluding carboxylic acids is 1. The van der Waals surface area contributed by atoms with Crippen molar-refractivity contribution in [3.63, 3.8) is 0 Å². The van der Waals surface area contributed by atoms with Crippen LogP contribution in [0.4, 0.5) is 10.5 Å². The van der Waals surface area contributed by atoms with Crippen molar-refractivity contribution in [2.45, 2.75) is 13.2 Å². The second kappa shape index (κ2) is 6.58. The maximum Gasteiger partial charge on any atom is 0.322 e. The minimum absolute atomic E-state index is 0.356. The van der Waals surface area contributed by atoms with Crippen LogP contribution in [-0.4, -0.2) is 22.5 Å². The largest absolute Gasteiger partial charge is 0.471 e. The zero-order valence-electron chi connectivity index (χ0n) is 12.3. The zero-order chi connectivity index (χ0) is 16.2. The number of aromatic amines is 1. The minimum atomic E-state index is -0.493. The molecule has 6 nitrogen and oxygen atoms in total. The normalized spacial score (nSPS) is 11.9. The Hall–Kier alpha value is -2.73. The quantitative estimate of drug-likeness (QED) is 0.637. The van der Waals surface area contributed by atoms with Crippen molar-refractivity contribution in [2.75, 3.05) is 5.32 Å². The standard InChI is InChI=1S/C16H15ClN4O2/c1-10(23-14-6-3-12(17)4-7-14)19-16(22)20-13-5-2-11-9-18-21-15(11)8-13/h2-10H,1H3,(H,18,21)(H2,19,20,22). The highest BCUT2D eigenvalue weighted by Crippen LogP contribution is 2.17. The summed E-state index contributed by atoms with van der Waals surface area (Å²) in [6.07, 6.45) is 1.23. The Kier molecular flexibility index (Phi) is 4.34. The zero-order valence-corrected chi connectivity index (χ0v) is 13.1. The summed E-state index contributed by atoms with van der Waals surface area (Å²) in [5.41, 5.74) is 1.52. The number of nitrogens with zero attached hydrogens (tertiary/aromatic N) is 1. The molecule has 0 spiro atoms. The first-order valence-corrected chi connectivity index (χ1v) is 7.41. The predicted octanol–water partition coefficient (Wildman–Crippen LogP) is 3.76. The molecule has 1 aromatic heterocycles. The van der Waals surface area contributed by atoms with Crippen molar-refractivity contribution in [1.29, 1.82) is 0 Å². The van der Waals surface area contributed by atoms with Gasteiger partial charge in [0.05, 0.1) is 11.7 Å². The van der Waals surface area contributed by atoms with Gasteiger partial charge in [0.2, 0.25) is 0 Å². The van der Waals surface area contributed by atoms with Crippen LogP contribution in [-0.2, 0) is 0 Å². The number of nitrogens with one attached hydrogen (secondary N) is 3. The van der Waals surface area contributed by atoms with E-state index in [0.29, 0.717) is 16.5 Å². The smallest absolute Gasteiger partial charge is 0.322 e. The van der Waals surface area contributed by atoms with Crippen LogP contribution >= 0.6 is 11.6 Å². The lowest BCUT2D eigenvalue weighted by atomic mass is 10.2. The lowest BCUT2D eigenvalue weighted by molar-refractivity contribution is 0.183. The number of H-pyrrole nitrogens is 1. The third-order valence-corrected chi connectivity index (χ3v) is 3.41. The number of amides is 2. The van der Waals surface area contributed by atoms with Crippen LogP contribution in [0.2, 0.25) is 5.02 Å². The number of carbonyl (C=O) groups is 1. The van der Waals surface area contributed by atoms with Crippen LogP contribution in [0.15, 0.2) is 48.7 Å². The van der Waals surface area contributed by atoms with E-state index in [1.165, 1.54) is 0 Å². The molecule has 1 heterocycles. The fourth-order valence-electron chi connectivity index (χ4n) is 2.11. The van der Waals surface area contributed by atoms with Gasteiger partial charge in [-0.05, 0) is 49.4 Å². The van der Waals surface area contributed by atoms with E-state index in [4.69, 9.17) is 16.3 Å². The van der Waals surface area contributed by atoms with Gasteiger partial charge in [-0.25, -0.2) is 4.79 Å². The first-order chi connectivity index (χ1) is 11.1. The molecule has 118 valence electrons. The number of anilines is 1. The molecule has 0 bridgehead atoms. The Morgan fingerprint density at radius 2 is 2.04 bits per heavy atom. The van der Waals surface area contributed by atoms with Gasteiger partial charge < -0.3 is 15.4 Å². The molecule has 0 radical (unpaired) electrons. The van der Waals surface area contributed by atoms with E-state index < -0.39 is 6.23 Å². The number of fused-ring (bicyclic) bond motifs is 1. The molecule has 2 aromatic carbocycles. The summed E-state index contributed by atoms with van der Waals surface area (Å²) in [4.78, 5) is 12.0. The fourth-order valence-corrected chi connectivity index (χ4v) is 2.24. The second-order valence-electron chi connectivity index (χ2n) is 4.98. The number of hydrogen-bond donors (Lipinski definition) is 3.